The Balaban J connectivity index is 1.73. The summed E-state index contributed by atoms with van der Waals surface area (Å²) in [5.74, 6) is 0.869. The molecule has 150 valence electrons. The van der Waals surface area contributed by atoms with Gasteiger partial charge in [-0.25, -0.2) is 4.98 Å². The fourth-order valence-corrected chi connectivity index (χ4v) is 4.71. The number of carbonyl (C=O) groups excluding carboxylic acids is 1. The Hall–Kier alpha value is -2.11. The van der Waals surface area contributed by atoms with Crippen molar-refractivity contribution in [2.75, 3.05) is 6.54 Å². The van der Waals surface area contributed by atoms with E-state index in [1.54, 1.807) is 11.0 Å². The number of nitrogens with zero attached hydrogens (tertiary/aromatic N) is 3. The number of halogens is 2. The normalized spacial score (nSPS) is 14.4. The van der Waals surface area contributed by atoms with Crippen LogP contribution in [-0.2, 0) is 6.54 Å². The molecular formula is C23H23BrClN3O. The minimum atomic E-state index is -0.0331. The van der Waals surface area contributed by atoms with Crippen molar-refractivity contribution in [1.82, 2.24) is 14.5 Å². The van der Waals surface area contributed by atoms with Gasteiger partial charge in [0.1, 0.15) is 5.82 Å². The van der Waals surface area contributed by atoms with E-state index in [2.05, 4.69) is 27.1 Å². The van der Waals surface area contributed by atoms with Gasteiger partial charge in [-0.15, -0.1) is 6.58 Å². The van der Waals surface area contributed by atoms with E-state index in [-0.39, 0.29) is 5.91 Å². The van der Waals surface area contributed by atoms with E-state index in [1.807, 2.05) is 42.5 Å². The second-order valence-corrected chi connectivity index (χ2v) is 8.81. The molecule has 0 saturated heterocycles. The maximum atomic E-state index is 13.2. The lowest BCUT2D eigenvalue weighted by Gasteiger charge is -2.23. The van der Waals surface area contributed by atoms with E-state index in [0.29, 0.717) is 29.7 Å². The number of benzene rings is 2. The number of carbonyl (C=O) groups is 1. The zero-order chi connectivity index (χ0) is 20.4. The van der Waals surface area contributed by atoms with Crippen LogP contribution in [0.15, 0.2) is 59.6 Å². The molecule has 0 atom stereocenters. The van der Waals surface area contributed by atoms with Gasteiger partial charge in [-0.2, -0.15) is 0 Å². The molecule has 0 aliphatic heterocycles. The molecular weight excluding hydrogens is 450 g/mol. The first kappa shape index (κ1) is 20.2. The van der Waals surface area contributed by atoms with Crippen molar-refractivity contribution in [3.05, 3.63) is 76.0 Å². The average Bonchev–Trinajstić information content (AvgIpc) is 3.34. The lowest BCUT2D eigenvalue weighted by molar-refractivity contribution is 0.0756. The Bertz CT molecular complexity index is 1060. The summed E-state index contributed by atoms with van der Waals surface area (Å²) in [5, 5.41) is 0.705. The standard InChI is InChI=1S/C23H23BrClN3O/c1-2-12-27(23(29)16-6-5-7-17(24)13-16)15-22-26-20-11-10-18(25)14-21(20)28(22)19-8-3-4-9-19/h2,5-7,10-11,13-14,19H,1,3-4,8-9,12,15H2. The summed E-state index contributed by atoms with van der Waals surface area (Å²) in [6.45, 7) is 4.73. The Morgan fingerprint density at radius 2 is 2.07 bits per heavy atom. The first-order valence-electron chi connectivity index (χ1n) is 9.89. The second-order valence-electron chi connectivity index (χ2n) is 7.45. The van der Waals surface area contributed by atoms with Crippen LogP contribution < -0.4 is 0 Å². The topological polar surface area (TPSA) is 38.1 Å². The van der Waals surface area contributed by atoms with E-state index in [4.69, 9.17) is 16.6 Å². The molecule has 0 bridgehead atoms. The van der Waals surface area contributed by atoms with Gasteiger partial charge in [0.15, 0.2) is 0 Å². The van der Waals surface area contributed by atoms with Crippen LogP contribution in [0.25, 0.3) is 11.0 Å². The Morgan fingerprint density at radius 1 is 1.28 bits per heavy atom. The van der Waals surface area contributed by atoms with E-state index >= 15 is 0 Å². The number of fused-ring (bicyclic) bond motifs is 1. The maximum absolute atomic E-state index is 13.2. The largest absolute Gasteiger partial charge is 0.327 e. The number of imidazole rings is 1. The minimum Gasteiger partial charge on any atom is -0.327 e. The summed E-state index contributed by atoms with van der Waals surface area (Å²) in [6.07, 6.45) is 6.46. The number of hydrogen-bond acceptors (Lipinski definition) is 2. The van der Waals surface area contributed by atoms with Crippen molar-refractivity contribution in [2.45, 2.75) is 38.3 Å². The van der Waals surface area contributed by atoms with Gasteiger partial charge in [-0.05, 0) is 49.2 Å². The molecule has 6 heteroatoms. The van der Waals surface area contributed by atoms with E-state index < -0.39 is 0 Å². The molecule has 1 saturated carbocycles. The number of amides is 1. The Labute approximate surface area is 184 Å². The first-order valence-corrected chi connectivity index (χ1v) is 11.1. The van der Waals surface area contributed by atoms with E-state index in [9.17, 15) is 4.79 Å². The molecule has 0 radical (unpaired) electrons. The van der Waals surface area contributed by atoms with Crippen molar-refractivity contribution in [1.29, 1.82) is 0 Å². The van der Waals surface area contributed by atoms with Crippen molar-refractivity contribution in [2.24, 2.45) is 0 Å². The fourth-order valence-electron chi connectivity index (χ4n) is 4.15. The molecule has 0 N–H and O–H groups in total. The highest BCUT2D eigenvalue weighted by molar-refractivity contribution is 9.10. The second kappa shape index (κ2) is 8.72. The molecule has 1 amide bonds. The van der Waals surface area contributed by atoms with Crippen molar-refractivity contribution < 1.29 is 4.79 Å². The lowest BCUT2D eigenvalue weighted by Crippen LogP contribution is -2.32. The first-order chi connectivity index (χ1) is 14.1. The molecule has 1 fully saturated rings. The summed E-state index contributed by atoms with van der Waals surface area (Å²) in [6, 6.07) is 13.7. The van der Waals surface area contributed by atoms with Crippen LogP contribution in [0, 0.1) is 0 Å². The summed E-state index contributed by atoms with van der Waals surface area (Å²) < 4.78 is 3.19. The monoisotopic (exact) mass is 471 g/mol. The van der Waals surface area contributed by atoms with Crippen LogP contribution in [-0.4, -0.2) is 26.9 Å². The fraction of sp³-hybridized carbons (Fsp3) is 0.304. The zero-order valence-electron chi connectivity index (χ0n) is 16.2. The van der Waals surface area contributed by atoms with Gasteiger partial charge in [-0.3, -0.25) is 4.79 Å². The van der Waals surface area contributed by atoms with Crippen LogP contribution in [0.3, 0.4) is 0 Å². The van der Waals surface area contributed by atoms with Crippen molar-refractivity contribution >= 4 is 44.5 Å². The molecule has 4 rings (SSSR count). The van der Waals surface area contributed by atoms with Crippen LogP contribution in [0.4, 0.5) is 0 Å². The van der Waals surface area contributed by atoms with Crippen LogP contribution in [0.1, 0.15) is 47.9 Å². The summed E-state index contributed by atoms with van der Waals surface area (Å²) in [4.78, 5) is 19.9. The van der Waals surface area contributed by atoms with E-state index in [0.717, 1.165) is 34.2 Å². The summed E-state index contributed by atoms with van der Waals surface area (Å²) in [5.41, 5.74) is 2.62. The van der Waals surface area contributed by atoms with Gasteiger partial charge in [0.05, 0.1) is 17.6 Å². The Kier molecular flexibility index (Phi) is 6.07. The quantitative estimate of drug-likeness (QED) is 0.390. The number of hydrogen-bond donors (Lipinski definition) is 0. The molecule has 4 nitrogen and oxygen atoms in total. The summed E-state index contributed by atoms with van der Waals surface area (Å²) in [7, 11) is 0. The maximum Gasteiger partial charge on any atom is 0.254 e. The Morgan fingerprint density at radius 3 is 2.79 bits per heavy atom. The van der Waals surface area contributed by atoms with Gasteiger partial charge < -0.3 is 9.47 Å². The van der Waals surface area contributed by atoms with Gasteiger partial charge in [-0.1, -0.05) is 52.5 Å². The van der Waals surface area contributed by atoms with Crippen molar-refractivity contribution in [3.8, 4) is 0 Å². The van der Waals surface area contributed by atoms with Gasteiger partial charge in [0.25, 0.3) is 5.91 Å². The molecule has 2 aromatic carbocycles. The smallest absolute Gasteiger partial charge is 0.254 e. The third-order valence-electron chi connectivity index (χ3n) is 5.45. The van der Waals surface area contributed by atoms with Gasteiger partial charge >= 0.3 is 0 Å². The van der Waals surface area contributed by atoms with Crippen LogP contribution >= 0.6 is 27.5 Å². The summed E-state index contributed by atoms with van der Waals surface area (Å²) >= 11 is 9.74. The minimum absolute atomic E-state index is 0.0331. The highest BCUT2D eigenvalue weighted by Gasteiger charge is 2.25. The molecule has 1 aliphatic rings. The molecule has 1 aliphatic carbocycles. The lowest BCUT2D eigenvalue weighted by atomic mass is 10.2. The molecule has 3 aromatic rings. The number of aromatic nitrogens is 2. The predicted octanol–water partition coefficient (Wildman–Crippen LogP) is 6.40. The average molecular weight is 473 g/mol. The van der Waals surface area contributed by atoms with E-state index in [1.165, 1.54) is 12.8 Å². The SMILES string of the molecule is C=CCN(Cc1nc2ccc(Cl)cc2n1C1CCCC1)C(=O)c1cccc(Br)c1. The van der Waals surface area contributed by atoms with Gasteiger partial charge in [0, 0.05) is 27.6 Å². The van der Waals surface area contributed by atoms with Crippen molar-refractivity contribution in [3.63, 3.8) is 0 Å². The van der Waals surface area contributed by atoms with Gasteiger partial charge in [0.2, 0.25) is 0 Å². The van der Waals surface area contributed by atoms with Crippen LogP contribution in [0.2, 0.25) is 5.02 Å². The van der Waals surface area contributed by atoms with Crippen LogP contribution in [0.5, 0.6) is 0 Å². The molecule has 29 heavy (non-hydrogen) atoms. The molecule has 1 aromatic heterocycles. The highest BCUT2D eigenvalue weighted by atomic mass is 79.9. The number of rotatable bonds is 6. The molecule has 0 spiro atoms. The predicted molar refractivity (Wildman–Crippen MR) is 121 cm³/mol. The highest BCUT2D eigenvalue weighted by Crippen LogP contribution is 2.35. The zero-order valence-corrected chi connectivity index (χ0v) is 18.5. The third kappa shape index (κ3) is 4.26. The molecule has 1 heterocycles. The third-order valence-corrected chi connectivity index (χ3v) is 6.18. The molecule has 0 unspecified atom stereocenters.